The second-order valence-electron chi connectivity index (χ2n) is 8.76. The van der Waals surface area contributed by atoms with Gasteiger partial charge in [-0.3, -0.25) is 14.5 Å². The number of nitrogens with two attached hydrogens (primary N) is 1. The second kappa shape index (κ2) is 8.01. The standard InChI is InChI=1S/C25H24N8O2/c1-31-13-17(35-21-9-8-15(26)10-20(21)31)14-32(2)25-27-11-18-22-19(12-28-30-22)24(34)33(23(18)29-25)16-6-4-3-5-7-16/h3-12,17H,13-14,26H2,1-2H3,(H,28,30)/t17-/m1/s1. The molecule has 6 rings (SSSR count). The highest BCUT2D eigenvalue weighted by molar-refractivity contribution is 6.02. The molecule has 0 amide bonds. The second-order valence-corrected chi connectivity index (χ2v) is 8.76. The lowest BCUT2D eigenvalue weighted by Gasteiger charge is -2.35. The van der Waals surface area contributed by atoms with Crippen molar-refractivity contribution in [2.45, 2.75) is 6.10 Å². The largest absolute Gasteiger partial charge is 0.485 e. The van der Waals surface area contributed by atoms with E-state index in [9.17, 15) is 4.79 Å². The van der Waals surface area contributed by atoms with Gasteiger partial charge in [0, 0.05) is 32.2 Å². The maximum Gasteiger partial charge on any atom is 0.267 e. The monoisotopic (exact) mass is 468 g/mol. The van der Waals surface area contributed by atoms with Crippen molar-refractivity contribution in [2.75, 3.05) is 42.7 Å². The average Bonchev–Trinajstić information content (AvgIpc) is 3.36. The summed E-state index contributed by atoms with van der Waals surface area (Å²) in [7, 11) is 3.94. The summed E-state index contributed by atoms with van der Waals surface area (Å²) < 4.78 is 7.84. The summed E-state index contributed by atoms with van der Waals surface area (Å²) in [5.74, 6) is 1.29. The van der Waals surface area contributed by atoms with Gasteiger partial charge in [-0.05, 0) is 30.3 Å². The average molecular weight is 469 g/mol. The van der Waals surface area contributed by atoms with Gasteiger partial charge in [-0.2, -0.15) is 10.1 Å². The highest BCUT2D eigenvalue weighted by Crippen LogP contribution is 2.34. The van der Waals surface area contributed by atoms with Gasteiger partial charge in [-0.25, -0.2) is 4.98 Å². The van der Waals surface area contributed by atoms with E-state index in [2.05, 4.69) is 20.1 Å². The molecule has 4 heterocycles. The smallest absolute Gasteiger partial charge is 0.267 e. The van der Waals surface area contributed by atoms with Crippen LogP contribution in [0.5, 0.6) is 5.75 Å². The minimum atomic E-state index is -0.187. The van der Waals surface area contributed by atoms with Crippen LogP contribution in [-0.4, -0.2) is 58.0 Å². The predicted octanol–water partition coefficient (Wildman–Crippen LogP) is 2.57. The number of aromatic amines is 1. The number of nitrogens with one attached hydrogen (secondary N) is 1. The maximum atomic E-state index is 13.4. The van der Waals surface area contributed by atoms with Crippen LogP contribution in [0.3, 0.4) is 0 Å². The molecule has 0 aliphatic carbocycles. The zero-order valence-electron chi connectivity index (χ0n) is 19.3. The van der Waals surface area contributed by atoms with Gasteiger partial charge in [0.1, 0.15) is 17.4 Å². The van der Waals surface area contributed by atoms with Gasteiger partial charge in [0.15, 0.2) is 5.65 Å². The Morgan fingerprint density at radius 1 is 1.20 bits per heavy atom. The number of para-hydroxylation sites is 1. The van der Waals surface area contributed by atoms with Crippen molar-refractivity contribution in [1.29, 1.82) is 0 Å². The van der Waals surface area contributed by atoms with E-state index in [1.54, 1.807) is 17.0 Å². The number of benzene rings is 2. The topological polar surface area (TPSA) is 118 Å². The first-order valence-electron chi connectivity index (χ1n) is 11.3. The van der Waals surface area contributed by atoms with E-state index >= 15 is 0 Å². The molecule has 176 valence electrons. The number of fused-ring (bicyclic) bond motifs is 4. The molecule has 5 aromatic rings. The number of hydrogen-bond acceptors (Lipinski definition) is 8. The molecule has 0 bridgehead atoms. The van der Waals surface area contributed by atoms with Crippen molar-refractivity contribution in [3.63, 3.8) is 0 Å². The van der Waals surface area contributed by atoms with Crippen LogP contribution in [0.25, 0.3) is 27.6 Å². The zero-order chi connectivity index (χ0) is 24.1. The third-order valence-electron chi connectivity index (χ3n) is 6.30. The van der Waals surface area contributed by atoms with Crippen molar-refractivity contribution >= 4 is 39.3 Å². The lowest BCUT2D eigenvalue weighted by atomic mass is 10.2. The summed E-state index contributed by atoms with van der Waals surface area (Å²) in [5, 5.41) is 8.26. The number of hydrogen-bond donors (Lipinski definition) is 2. The van der Waals surface area contributed by atoms with Crippen LogP contribution >= 0.6 is 0 Å². The van der Waals surface area contributed by atoms with E-state index in [-0.39, 0.29) is 11.7 Å². The number of aromatic nitrogens is 5. The first-order valence-corrected chi connectivity index (χ1v) is 11.3. The molecule has 2 aromatic carbocycles. The van der Waals surface area contributed by atoms with Gasteiger partial charge < -0.3 is 20.3 Å². The van der Waals surface area contributed by atoms with Crippen molar-refractivity contribution in [3.8, 4) is 11.4 Å². The van der Waals surface area contributed by atoms with Gasteiger partial charge in [0.05, 0.1) is 35.2 Å². The van der Waals surface area contributed by atoms with Gasteiger partial charge in [0.2, 0.25) is 5.95 Å². The van der Waals surface area contributed by atoms with Gasteiger partial charge in [-0.1, -0.05) is 18.2 Å². The highest BCUT2D eigenvalue weighted by Gasteiger charge is 2.26. The minimum absolute atomic E-state index is 0.106. The summed E-state index contributed by atoms with van der Waals surface area (Å²) in [6.45, 7) is 1.25. The first-order chi connectivity index (χ1) is 17.0. The van der Waals surface area contributed by atoms with E-state index < -0.39 is 0 Å². The van der Waals surface area contributed by atoms with Crippen LogP contribution in [0.4, 0.5) is 17.3 Å². The van der Waals surface area contributed by atoms with Crippen molar-refractivity contribution in [1.82, 2.24) is 24.7 Å². The van der Waals surface area contributed by atoms with Crippen LogP contribution in [0, 0.1) is 0 Å². The van der Waals surface area contributed by atoms with Crippen LogP contribution < -0.4 is 25.8 Å². The Labute approximate surface area is 200 Å². The van der Waals surface area contributed by atoms with Gasteiger partial charge in [-0.15, -0.1) is 0 Å². The van der Waals surface area contributed by atoms with Crippen LogP contribution in [0.2, 0.25) is 0 Å². The Kier molecular flexibility index (Phi) is 4.80. The van der Waals surface area contributed by atoms with Crippen molar-refractivity contribution < 1.29 is 4.74 Å². The first kappa shape index (κ1) is 21.0. The molecular weight excluding hydrogens is 444 g/mol. The minimum Gasteiger partial charge on any atom is -0.485 e. The molecule has 0 radical (unpaired) electrons. The third-order valence-corrected chi connectivity index (χ3v) is 6.30. The van der Waals surface area contributed by atoms with Crippen molar-refractivity contribution in [2.24, 2.45) is 0 Å². The van der Waals surface area contributed by atoms with Gasteiger partial charge in [0.25, 0.3) is 5.56 Å². The van der Waals surface area contributed by atoms with E-state index in [1.807, 2.05) is 67.5 Å². The lowest BCUT2D eigenvalue weighted by Crippen LogP contribution is -2.44. The molecule has 0 saturated carbocycles. The number of likely N-dealkylation sites (N-methyl/N-ethyl adjacent to an activating group) is 2. The predicted molar refractivity (Wildman–Crippen MR) is 137 cm³/mol. The molecule has 10 heteroatoms. The Morgan fingerprint density at radius 2 is 2.03 bits per heavy atom. The number of anilines is 3. The van der Waals surface area contributed by atoms with Crippen LogP contribution in [0.15, 0.2) is 65.7 Å². The molecule has 1 aliphatic rings. The Hall–Kier alpha value is -4.60. The fraction of sp³-hybridized carbons (Fsp3) is 0.200. The molecule has 0 fully saturated rings. The van der Waals surface area contributed by atoms with Crippen LogP contribution in [-0.2, 0) is 0 Å². The normalized spacial score (nSPS) is 15.3. The molecule has 0 saturated heterocycles. The summed E-state index contributed by atoms with van der Waals surface area (Å²) in [6.07, 6.45) is 3.23. The molecule has 1 aliphatic heterocycles. The number of nitrogen functional groups attached to an aromatic ring is 1. The zero-order valence-corrected chi connectivity index (χ0v) is 19.3. The maximum absolute atomic E-state index is 13.4. The summed E-state index contributed by atoms with van der Waals surface area (Å²) >= 11 is 0. The van der Waals surface area contributed by atoms with E-state index in [0.717, 1.165) is 17.1 Å². The number of ether oxygens (including phenoxy) is 1. The molecule has 35 heavy (non-hydrogen) atoms. The Balaban J connectivity index is 1.39. The quantitative estimate of drug-likeness (QED) is 0.387. The number of rotatable bonds is 4. The number of H-pyrrole nitrogens is 1. The van der Waals surface area contributed by atoms with Crippen molar-refractivity contribution in [3.05, 3.63) is 71.3 Å². The number of pyridine rings is 1. The Bertz CT molecular complexity index is 1610. The molecular formula is C25H24N8O2. The summed E-state index contributed by atoms with van der Waals surface area (Å²) in [4.78, 5) is 26.9. The highest BCUT2D eigenvalue weighted by atomic mass is 16.5. The molecule has 3 aromatic heterocycles. The lowest BCUT2D eigenvalue weighted by molar-refractivity contribution is 0.201. The van der Waals surface area contributed by atoms with Crippen LogP contribution in [0.1, 0.15) is 0 Å². The molecule has 0 unspecified atom stereocenters. The fourth-order valence-electron chi connectivity index (χ4n) is 4.61. The third kappa shape index (κ3) is 3.50. The molecule has 0 spiro atoms. The number of nitrogens with zero attached hydrogens (tertiary/aromatic N) is 6. The summed E-state index contributed by atoms with van der Waals surface area (Å²) in [6, 6.07) is 15.1. The fourth-order valence-corrected chi connectivity index (χ4v) is 4.61. The Morgan fingerprint density at radius 3 is 2.86 bits per heavy atom. The van der Waals surface area contributed by atoms with E-state index in [0.29, 0.717) is 46.7 Å². The molecule has 1 atom stereocenters. The van der Waals surface area contributed by atoms with Gasteiger partial charge >= 0.3 is 0 Å². The van der Waals surface area contributed by atoms with E-state index in [1.165, 1.54) is 0 Å². The van der Waals surface area contributed by atoms with E-state index in [4.69, 9.17) is 15.5 Å². The SMILES string of the molecule is CN(C[C@H]1CN(C)c2cc(N)ccc2O1)c1ncc2c3n[nH]cc3c(=O)n(-c3ccccc3)c2n1. The molecule has 3 N–H and O–H groups in total. The summed E-state index contributed by atoms with van der Waals surface area (Å²) in [5.41, 5.74) is 9.21. The molecule has 10 nitrogen and oxygen atoms in total.